The molecule has 4 nitrogen and oxygen atoms in total. The lowest BCUT2D eigenvalue weighted by atomic mass is 9.96. The molecule has 0 heterocycles. The van der Waals surface area contributed by atoms with Crippen molar-refractivity contribution >= 4 is 5.97 Å². The SMILES string of the molecule is COc1ccccc1CC(CCN)C(=O)O. The number of carboxylic acid groups (broad SMARTS) is 1. The van der Waals surface area contributed by atoms with Crippen LogP contribution in [0.3, 0.4) is 0 Å². The largest absolute Gasteiger partial charge is 0.496 e. The molecule has 0 aromatic heterocycles. The van der Waals surface area contributed by atoms with E-state index < -0.39 is 11.9 Å². The fourth-order valence-electron chi connectivity index (χ4n) is 1.65. The molecule has 1 aromatic rings. The quantitative estimate of drug-likeness (QED) is 0.762. The van der Waals surface area contributed by atoms with Crippen molar-refractivity contribution in [2.75, 3.05) is 13.7 Å². The number of para-hydroxylation sites is 1. The summed E-state index contributed by atoms with van der Waals surface area (Å²) in [5.41, 5.74) is 6.31. The van der Waals surface area contributed by atoms with Gasteiger partial charge in [0, 0.05) is 0 Å². The number of hydrogen-bond donors (Lipinski definition) is 2. The highest BCUT2D eigenvalue weighted by molar-refractivity contribution is 5.70. The Kier molecular flexibility index (Phi) is 4.79. The van der Waals surface area contributed by atoms with Crippen LogP contribution in [0, 0.1) is 5.92 Å². The smallest absolute Gasteiger partial charge is 0.306 e. The van der Waals surface area contributed by atoms with Crippen LogP contribution < -0.4 is 10.5 Å². The zero-order chi connectivity index (χ0) is 12.0. The van der Waals surface area contributed by atoms with Crippen LogP contribution in [0.2, 0.25) is 0 Å². The van der Waals surface area contributed by atoms with Crippen LogP contribution in [-0.2, 0) is 11.2 Å². The van der Waals surface area contributed by atoms with Gasteiger partial charge in [0.05, 0.1) is 13.0 Å². The van der Waals surface area contributed by atoms with Gasteiger partial charge in [-0.1, -0.05) is 18.2 Å². The fourth-order valence-corrected chi connectivity index (χ4v) is 1.65. The third-order valence-corrected chi connectivity index (χ3v) is 2.52. The van der Waals surface area contributed by atoms with E-state index in [4.69, 9.17) is 15.6 Å². The topological polar surface area (TPSA) is 72.5 Å². The van der Waals surface area contributed by atoms with Crippen molar-refractivity contribution in [2.24, 2.45) is 11.7 Å². The van der Waals surface area contributed by atoms with E-state index in [1.165, 1.54) is 0 Å². The van der Waals surface area contributed by atoms with E-state index in [0.717, 1.165) is 11.3 Å². The van der Waals surface area contributed by atoms with Crippen LogP contribution >= 0.6 is 0 Å². The lowest BCUT2D eigenvalue weighted by molar-refractivity contribution is -0.141. The third-order valence-electron chi connectivity index (χ3n) is 2.52. The average molecular weight is 223 g/mol. The van der Waals surface area contributed by atoms with Crippen LogP contribution in [0.15, 0.2) is 24.3 Å². The number of carbonyl (C=O) groups is 1. The molecule has 1 aromatic carbocycles. The monoisotopic (exact) mass is 223 g/mol. The molecule has 0 spiro atoms. The van der Waals surface area contributed by atoms with E-state index in [2.05, 4.69) is 0 Å². The van der Waals surface area contributed by atoms with Gasteiger partial charge in [-0.05, 0) is 31.0 Å². The average Bonchev–Trinajstić information content (AvgIpc) is 2.29. The number of hydrogen-bond acceptors (Lipinski definition) is 3. The summed E-state index contributed by atoms with van der Waals surface area (Å²) < 4.78 is 5.18. The van der Waals surface area contributed by atoms with Crippen molar-refractivity contribution in [2.45, 2.75) is 12.8 Å². The summed E-state index contributed by atoms with van der Waals surface area (Å²) in [4.78, 5) is 11.0. The summed E-state index contributed by atoms with van der Waals surface area (Å²) in [6, 6.07) is 7.45. The summed E-state index contributed by atoms with van der Waals surface area (Å²) in [5.74, 6) is -0.525. The van der Waals surface area contributed by atoms with E-state index in [-0.39, 0.29) is 0 Å². The molecule has 0 aliphatic rings. The van der Waals surface area contributed by atoms with Gasteiger partial charge in [-0.2, -0.15) is 0 Å². The summed E-state index contributed by atoms with van der Waals surface area (Å²) >= 11 is 0. The number of ether oxygens (including phenoxy) is 1. The number of benzene rings is 1. The number of methoxy groups -OCH3 is 1. The molecule has 0 aliphatic carbocycles. The van der Waals surface area contributed by atoms with Gasteiger partial charge in [-0.3, -0.25) is 4.79 Å². The Labute approximate surface area is 95.0 Å². The molecule has 16 heavy (non-hydrogen) atoms. The highest BCUT2D eigenvalue weighted by Gasteiger charge is 2.18. The first-order chi connectivity index (χ1) is 7.69. The van der Waals surface area contributed by atoms with E-state index in [1.54, 1.807) is 7.11 Å². The van der Waals surface area contributed by atoms with E-state index in [0.29, 0.717) is 19.4 Å². The minimum Gasteiger partial charge on any atom is -0.496 e. The molecule has 1 rings (SSSR count). The zero-order valence-electron chi connectivity index (χ0n) is 9.35. The molecule has 0 radical (unpaired) electrons. The summed E-state index contributed by atoms with van der Waals surface area (Å²) in [6.45, 7) is 0.381. The molecule has 0 aliphatic heterocycles. The second-order valence-corrected chi connectivity index (χ2v) is 3.63. The second kappa shape index (κ2) is 6.12. The number of rotatable bonds is 6. The summed E-state index contributed by atoms with van der Waals surface area (Å²) in [5, 5.41) is 9.03. The fraction of sp³-hybridized carbons (Fsp3) is 0.417. The zero-order valence-corrected chi connectivity index (χ0v) is 9.35. The van der Waals surface area contributed by atoms with Gasteiger partial charge in [0.1, 0.15) is 5.75 Å². The molecular formula is C12H17NO3. The predicted molar refractivity (Wildman–Crippen MR) is 61.5 cm³/mol. The minimum absolute atomic E-state index is 0.381. The lowest BCUT2D eigenvalue weighted by Gasteiger charge is -2.13. The molecule has 1 atom stereocenters. The first-order valence-corrected chi connectivity index (χ1v) is 5.23. The summed E-state index contributed by atoms with van der Waals surface area (Å²) in [7, 11) is 1.58. The molecule has 88 valence electrons. The number of nitrogens with two attached hydrogens (primary N) is 1. The molecule has 4 heteroatoms. The standard InChI is InChI=1S/C12H17NO3/c1-16-11-5-3-2-4-9(11)8-10(6-7-13)12(14)15/h2-5,10H,6-8,13H2,1H3,(H,14,15). The van der Waals surface area contributed by atoms with Crippen LogP contribution in [0.4, 0.5) is 0 Å². The van der Waals surface area contributed by atoms with Crippen molar-refractivity contribution < 1.29 is 14.6 Å². The normalized spacial score (nSPS) is 12.1. The Morgan fingerprint density at radius 1 is 1.50 bits per heavy atom. The van der Waals surface area contributed by atoms with E-state index in [1.807, 2.05) is 24.3 Å². The number of aliphatic carboxylic acids is 1. The first kappa shape index (κ1) is 12.5. The molecule has 0 fully saturated rings. The molecule has 3 N–H and O–H groups in total. The summed E-state index contributed by atoms with van der Waals surface area (Å²) in [6.07, 6.45) is 0.934. The molecule has 0 bridgehead atoms. The highest BCUT2D eigenvalue weighted by atomic mass is 16.5. The second-order valence-electron chi connectivity index (χ2n) is 3.63. The minimum atomic E-state index is -0.809. The lowest BCUT2D eigenvalue weighted by Crippen LogP contribution is -2.20. The van der Waals surface area contributed by atoms with Crippen molar-refractivity contribution in [3.63, 3.8) is 0 Å². The highest BCUT2D eigenvalue weighted by Crippen LogP contribution is 2.22. The van der Waals surface area contributed by atoms with Crippen molar-refractivity contribution in [3.05, 3.63) is 29.8 Å². The van der Waals surface area contributed by atoms with E-state index in [9.17, 15) is 4.79 Å². The molecular weight excluding hydrogens is 206 g/mol. The Morgan fingerprint density at radius 3 is 2.75 bits per heavy atom. The molecule has 1 unspecified atom stereocenters. The van der Waals surface area contributed by atoms with Gasteiger partial charge in [0.15, 0.2) is 0 Å². The molecule has 0 amide bonds. The van der Waals surface area contributed by atoms with E-state index >= 15 is 0 Å². The maximum atomic E-state index is 11.0. The van der Waals surface area contributed by atoms with Gasteiger partial charge in [-0.15, -0.1) is 0 Å². The van der Waals surface area contributed by atoms with Gasteiger partial charge in [0.25, 0.3) is 0 Å². The van der Waals surface area contributed by atoms with Gasteiger partial charge in [-0.25, -0.2) is 0 Å². The number of carboxylic acids is 1. The predicted octanol–water partition coefficient (Wildman–Crippen LogP) is 1.29. The Morgan fingerprint density at radius 2 is 2.19 bits per heavy atom. The maximum Gasteiger partial charge on any atom is 0.306 e. The van der Waals surface area contributed by atoms with Crippen molar-refractivity contribution in [1.29, 1.82) is 0 Å². The van der Waals surface area contributed by atoms with Gasteiger partial charge >= 0.3 is 5.97 Å². The Hall–Kier alpha value is -1.55. The first-order valence-electron chi connectivity index (χ1n) is 5.23. The van der Waals surface area contributed by atoms with Gasteiger partial charge < -0.3 is 15.6 Å². The van der Waals surface area contributed by atoms with Crippen LogP contribution in [0.25, 0.3) is 0 Å². The molecule has 0 saturated heterocycles. The van der Waals surface area contributed by atoms with Crippen molar-refractivity contribution in [3.8, 4) is 5.75 Å². The maximum absolute atomic E-state index is 11.0. The van der Waals surface area contributed by atoms with Crippen LogP contribution in [0.5, 0.6) is 5.75 Å². The molecule has 0 saturated carbocycles. The Balaban J connectivity index is 2.80. The van der Waals surface area contributed by atoms with Crippen molar-refractivity contribution in [1.82, 2.24) is 0 Å². The Bertz CT molecular complexity index is 352. The van der Waals surface area contributed by atoms with Crippen LogP contribution in [0.1, 0.15) is 12.0 Å². The van der Waals surface area contributed by atoms with Crippen LogP contribution in [-0.4, -0.2) is 24.7 Å². The van der Waals surface area contributed by atoms with Gasteiger partial charge in [0.2, 0.25) is 0 Å². The third kappa shape index (κ3) is 3.24.